The fraction of sp³-hybridized carbons (Fsp3) is 0.818. The Bertz CT molecular complexity index is 747. The quantitative estimate of drug-likeness (QED) is 0.114. The molecule has 0 unspecified atom stereocenters. The van der Waals surface area contributed by atoms with Crippen LogP contribution < -0.4 is 0 Å². The second kappa shape index (κ2) is 16.6. The van der Waals surface area contributed by atoms with E-state index >= 15 is 0 Å². The molecule has 0 saturated carbocycles. The molecule has 0 aliphatic heterocycles. The van der Waals surface area contributed by atoms with Crippen LogP contribution in [0.5, 0.6) is 0 Å². The summed E-state index contributed by atoms with van der Waals surface area (Å²) in [5.41, 5.74) is 4.68. The normalized spacial score (nSPS) is 12.1. The highest BCUT2D eigenvalue weighted by molar-refractivity contribution is 8.14. The van der Waals surface area contributed by atoms with E-state index in [9.17, 15) is 26.8 Å². The van der Waals surface area contributed by atoms with Crippen LogP contribution in [0, 0.1) is 0 Å². The van der Waals surface area contributed by atoms with E-state index in [4.69, 9.17) is 37.6 Å². The summed E-state index contributed by atoms with van der Waals surface area (Å²) in [5.74, 6) is 0. The summed E-state index contributed by atoms with van der Waals surface area (Å²) in [5, 5.41) is 0. The predicted molar refractivity (Wildman–Crippen MR) is 146 cm³/mol. The molecule has 25 heteroatoms. The molecular weight excluding hydrogens is 665 g/mol. The fourth-order valence-electron chi connectivity index (χ4n) is 2.03. The van der Waals surface area contributed by atoms with Crippen molar-refractivity contribution in [3.8, 4) is 0 Å². The van der Waals surface area contributed by atoms with Gasteiger partial charge in [-0.15, -0.1) is 5.70 Å². The molecule has 0 heterocycles. The molecule has 0 radical (unpaired) electrons. The molecule has 0 rings (SSSR count). The topological polar surface area (TPSA) is 242 Å². The average Bonchev–Trinajstić information content (AvgIpc) is 2.68. The second-order valence-corrected chi connectivity index (χ2v) is 71.1. The third-order valence-corrected chi connectivity index (χ3v) is 104. The third kappa shape index (κ3) is 11.2. The van der Waals surface area contributed by atoms with Crippen LogP contribution >= 0.6 is 0 Å². The molecule has 0 saturated heterocycles. The van der Waals surface area contributed by atoms with Gasteiger partial charge in [0.05, 0.1) is 8.07 Å². The highest BCUT2D eigenvalue weighted by Gasteiger charge is 2.91. The van der Waals surface area contributed by atoms with E-state index in [0.717, 1.165) is 0 Å². The van der Waals surface area contributed by atoms with Crippen LogP contribution in [0.1, 0.15) is 0 Å². The SMILES string of the molecule is CO[SiH](C)C.CO[Si](C)(C)/C=C/[Si](C)(C)C.O=[Si](O)[Si]([Si](=O)O)([Si](=O)O)[Si]([Si](=O)O)([Si](=O)O)[Si](=O)O. The van der Waals surface area contributed by atoms with Crippen LogP contribution in [-0.2, 0) is 35.6 Å². The zero-order valence-corrected chi connectivity index (χ0v) is 32.8. The predicted octanol–water partition coefficient (Wildman–Crippen LogP) is -3.67. The minimum Gasteiger partial charge on any atom is -0.542 e. The van der Waals surface area contributed by atoms with Crippen LogP contribution in [0.4, 0.5) is 0 Å². The van der Waals surface area contributed by atoms with Crippen molar-refractivity contribution in [2.75, 3.05) is 14.2 Å². The lowest BCUT2D eigenvalue weighted by Gasteiger charge is -2.23. The van der Waals surface area contributed by atoms with E-state index in [0.29, 0.717) is 0 Å². The van der Waals surface area contributed by atoms with Crippen molar-refractivity contribution in [3.05, 3.63) is 11.4 Å². The van der Waals surface area contributed by atoms with Gasteiger partial charge < -0.3 is 64.4 Å². The van der Waals surface area contributed by atoms with E-state index in [2.05, 4.69) is 57.2 Å². The van der Waals surface area contributed by atoms with Gasteiger partial charge in [0.25, 0.3) is 0 Å². The van der Waals surface area contributed by atoms with Gasteiger partial charge in [-0.25, -0.2) is 0 Å². The first kappa shape index (κ1) is 40.1. The van der Waals surface area contributed by atoms with Gasteiger partial charge >= 0.3 is 63.0 Å². The smallest absolute Gasteiger partial charge is 0.483 e. The molecule has 0 aliphatic carbocycles. The lowest BCUT2D eigenvalue weighted by atomic mass is 11.2. The van der Waals surface area contributed by atoms with Crippen molar-refractivity contribution < 1.29 is 64.4 Å². The molecule has 0 aromatic heterocycles. The lowest BCUT2D eigenvalue weighted by Crippen LogP contribution is -2.91. The minimum absolute atomic E-state index is 0.650. The van der Waals surface area contributed by atoms with Gasteiger partial charge in [-0.1, -0.05) is 25.3 Å². The largest absolute Gasteiger partial charge is 0.542 e. The maximum atomic E-state index is 11.4. The zero-order valence-electron chi connectivity index (χ0n) is 21.7. The van der Waals surface area contributed by atoms with Crippen molar-refractivity contribution in [1.29, 1.82) is 0 Å². The van der Waals surface area contributed by atoms with E-state index in [1.54, 1.807) is 14.2 Å². The molecular formula is C11H36O14Si11. The van der Waals surface area contributed by atoms with Gasteiger partial charge in [0.15, 0.2) is 9.04 Å². The first-order valence-corrected chi connectivity index (χ1v) is 38.6. The maximum absolute atomic E-state index is 11.4. The Labute approximate surface area is 223 Å². The summed E-state index contributed by atoms with van der Waals surface area (Å²) in [6.07, 6.45) is -11.2. The van der Waals surface area contributed by atoms with E-state index in [1.165, 1.54) is 0 Å². The van der Waals surface area contributed by atoms with Crippen molar-refractivity contribution in [2.45, 2.75) is 45.8 Å². The molecule has 0 aliphatic rings. The summed E-state index contributed by atoms with van der Waals surface area (Å²) < 4.78 is 78.6. The van der Waals surface area contributed by atoms with Gasteiger partial charge in [0, 0.05) is 14.2 Å². The van der Waals surface area contributed by atoms with E-state index in [-0.39, 0.29) is 0 Å². The van der Waals surface area contributed by atoms with E-state index < -0.39 is 88.4 Å². The van der Waals surface area contributed by atoms with Gasteiger partial charge in [0.1, 0.15) is 0 Å². The average molecular weight is 701 g/mol. The highest BCUT2D eigenvalue weighted by atomic mass is 30.4. The summed E-state index contributed by atoms with van der Waals surface area (Å²) >= 11 is 0. The summed E-state index contributed by atoms with van der Waals surface area (Å²) in [6, 6.07) is 0. The molecule has 6 N–H and O–H groups in total. The molecule has 0 spiro atoms. The molecule has 0 atom stereocenters. The number of hydrogen-bond acceptors (Lipinski definition) is 8. The van der Waals surface area contributed by atoms with Gasteiger partial charge in [-0.05, 0) is 26.2 Å². The molecule has 36 heavy (non-hydrogen) atoms. The third-order valence-electron chi connectivity index (χ3n) is 4.47. The van der Waals surface area contributed by atoms with Crippen LogP contribution in [0.25, 0.3) is 0 Å². The fourth-order valence-corrected chi connectivity index (χ4v) is 97.0. The molecule has 0 aromatic carbocycles. The Morgan fingerprint density at radius 1 is 0.583 bits per heavy atom. The zero-order chi connectivity index (χ0) is 29.9. The molecule has 0 bridgehead atoms. The minimum atomic E-state index is -5.60. The first-order valence-electron chi connectivity index (χ1n) is 10.1. The molecule has 0 amide bonds. The molecule has 0 aromatic rings. The second-order valence-electron chi connectivity index (χ2n) is 9.12. The van der Waals surface area contributed by atoms with Crippen LogP contribution in [-0.4, -0.2) is 131 Å². The van der Waals surface area contributed by atoms with Crippen molar-refractivity contribution in [2.24, 2.45) is 0 Å². The standard InChI is InChI=1S/C8H20OSi2.C3H10OSi.H6O12Si8/c1-9-11(5,6)8-7-10(2,3)4;1-4-5(2)3;1-13(2)19(14(3)4,15(5)6)20(16(7)8,17(9)10)18(11)12/h7-8H,1-6H3;5H,1-3H3;1,3,5,7,9,11H/b8-7+;;. The Hall–Kier alpha value is -0.354. The van der Waals surface area contributed by atoms with Crippen LogP contribution in [0.15, 0.2) is 11.4 Å². The van der Waals surface area contributed by atoms with Gasteiger partial charge in [-0.2, -0.15) is 0 Å². The monoisotopic (exact) mass is 700 g/mol. The molecule has 0 fully saturated rings. The van der Waals surface area contributed by atoms with Crippen LogP contribution in [0.2, 0.25) is 45.8 Å². The molecule has 14 nitrogen and oxygen atoms in total. The first-order chi connectivity index (χ1) is 15.9. The highest BCUT2D eigenvalue weighted by Crippen LogP contribution is 2.18. The Morgan fingerprint density at radius 3 is 0.917 bits per heavy atom. The number of hydrogen-bond donors (Lipinski definition) is 6. The lowest BCUT2D eigenvalue weighted by molar-refractivity contribution is 0.415. The van der Waals surface area contributed by atoms with Crippen LogP contribution in [0.3, 0.4) is 0 Å². The maximum Gasteiger partial charge on any atom is 0.483 e. The summed E-state index contributed by atoms with van der Waals surface area (Å²) in [4.78, 5) is 54.9. The summed E-state index contributed by atoms with van der Waals surface area (Å²) in [6.45, 7) is 15.7. The summed E-state index contributed by atoms with van der Waals surface area (Å²) in [7, 11) is -26.6. The Balaban J connectivity index is -0.000000566. The van der Waals surface area contributed by atoms with Gasteiger partial charge in [0.2, 0.25) is 8.32 Å². The van der Waals surface area contributed by atoms with Gasteiger partial charge in [-0.3, -0.25) is 0 Å². The van der Waals surface area contributed by atoms with Crippen molar-refractivity contribution in [3.63, 3.8) is 0 Å². The van der Waals surface area contributed by atoms with E-state index in [1.807, 2.05) is 0 Å². The molecule has 208 valence electrons. The Morgan fingerprint density at radius 2 is 0.806 bits per heavy atom. The Kier molecular flexibility index (Phi) is 18.5. The van der Waals surface area contributed by atoms with Crippen molar-refractivity contribution in [1.82, 2.24) is 0 Å². The van der Waals surface area contributed by atoms with Crippen molar-refractivity contribution >= 4 is 88.4 Å². The number of rotatable bonds is 11.